The zero-order valence-electron chi connectivity index (χ0n) is 20.5. The number of Topliss-reactive ketones (excluding diaryl/α,β-unsaturated/α-hetero) is 1. The standard InChI is InChI=1S/C29H26N6O2/c1-2-5-25(37)35-21-11-12-23(35)22(17-21)29-33-26(27-28(30)32-14-15-34(27)29)19-9-7-18(8-10-19)24(36)16-20-6-3-4-13-31-20/h3-4,6-10,13-15,21-23H,11-12,16-17H2,1H3,(H2,30,32)/t21?,22-,23?/m0/s1. The van der Waals surface area contributed by atoms with Gasteiger partial charge in [-0.05, 0) is 44.2 Å². The summed E-state index contributed by atoms with van der Waals surface area (Å²) in [5.74, 6) is 6.71. The number of hydrogen-bond donors (Lipinski definition) is 1. The molecule has 1 amide bonds. The Balaban J connectivity index is 1.34. The summed E-state index contributed by atoms with van der Waals surface area (Å²) < 4.78 is 2.01. The Morgan fingerprint density at radius 1 is 1.08 bits per heavy atom. The minimum absolute atomic E-state index is 0.00346. The van der Waals surface area contributed by atoms with Crippen LogP contribution in [-0.2, 0) is 11.2 Å². The summed E-state index contributed by atoms with van der Waals surface area (Å²) in [4.78, 5) is 41.1. The second-order valence-corrected chi connectivity index (χ2v) is 9.58. The fraction of sp³-hybridized carbons (Fsp3) is 0.276. The summed E-state index contributed by atoms with van der Waals surface area (Å²) in [7, 11) is 0. The molecule has 3 atom stereocenters. The number of hydrogen-bond acceptors (Lipinski definition) is 6. The molecule has 0 saturated carbocycles. The van der Waals surface area contributed by atoms with Crippen molar-refractivity contribution in [2.24, 2.45) is 0 Å². The first-order valence-electron chi connectivity index (χ1n) is 12.5. The van der Waals surface area contributed by atoms with Crippen LogP contribution in [0, 0.1) is 11.8 Å². The molecule has 4 aromatic rings. The number of anilines is 1. The van der Waals surface area contributed by atoms with Crippen molar-refractivity contribution in [3.63, 3.8) is 0 Å². The lowest BCUT2D eigenvalue weighted by molar-refractivity contribution is -0.126. The SMILES string of the molecule is CC#CC(=O)N1C2CCC1[C@@H](c1nc(-c3ccc(C(=O)Cc4ccccn4)cc3)c3c(N)nccn13)C2. The van der Waals surface area contributed by atoms with Crippen LogP contribution in [0.15, 0.2) is 61.1 Å². The van der Waals surface area contributed by atoms with Crippen LogP contribution < -0.4 is 5.73 Å². The number of carbonyl (C=O) groups is 2. The number of fused-ring (bicyclic) bond motifs is 3. The predicted molar refractivity (Wildman–Crippen MR) is 140 cm³/mol. The highest BCUT2D eigenvalue weighted by Gasteiger charge is 2.50. The lowest BCUT2D eigenvalue weighted by atomic mass is 9.88. The number of nitrogen functional groups attached to an aromatic ring is 1. The van der Waals surface area contributed by atoms with Gasteiger partial charge in [-0.3, -0.25) is 19.0 Å². The second-order valence-electron chi connectivity index (χ2n) is 9.58. The highest BCUT2D eigenvalue weighted by Crippen LogP contribution is 2.47. The van der Waals surface area contributed by atoms with Gasteiger partial charge in [0.2, 0.25) is 0 Å². The maximum atomic E-state index is 12.8. The van der Waals surface area contributed by atoms with Crippen LogP contribution in [0.4, 0.5) is 5.82 Å². The molecule has 0 aliphatic carbocycles. The van der Waals surface area contributed by atoms with E-state index in [0.29, 0.717) is 11.4 Å². The highest BCUT2D eigenvalue weighted by molar-refractivity contribution is 5.98. The van der Waals surface area contributed by atoms with Crippen LogP contribution in [0.25, 0.3) is 16.8 Å². The van der Waals surface area contributed by atoms with E-state index in [1.807, 2.05) is 58.0 Å². The molecule has 8 heteroatoms. The zero-order valence-corrected chi connectivity index (χ0v) is 20.5. The van der Waals surface area contributed by atoms with E-state index >= 15 is 0 Å². The summed E-state index contributed by atoms with van der Waals surface area (Å²) >= 11 is 0. The summed E-state index contributed by atoms with van der Waals surface area (Å²) in [5, 5.41) is 0. The molecule has 0 spiro atoms. The third-order valence-electron chi connectivity index (χ3n) is 7.49. The summed E-state index contributed by atoms with van der Waals surface area (Å²) in [6, 6.07) is 13.2. The normalized spacial score (nSPS) is 20.1. The average molecular weight is 491 g/mol. The van der Waals surface area contributed by atoms with E-state index in [0.717, 1.165) is 47.6 Å². The number of aromatic nitrogens is 4. The Hall–Kier alpha value is -4.51. The minimum Gasteiger partial charge on any atom is -0.382 e. The molecule has 3 aromatic heterocycles. The van der Waals surface area contributed by atoms with Crippen molar-refractivity contribution in [3.05, 3.63) is 78.1 Å². The van der Waals surface area contributed by atoms with E-state index < -0.39 is 0 Å². The first-order chi connectivity index (χ1) is 18.0. The summed E-state index contributed by atoms with van der Waals surface area (Å²) in [6.45, 7) is 1.69. The van der Waals surface area contributed by atoms with Crippen LogP contribution >= 0.6 is 0 Å². The largest absolute Gasteiger partial charge is 0.382 e. The lowest BCUT2D eigenvalue weighted by Gasteiger charge is -2.22. The molecule has 0 radical (unpaired) electrons. The molecule has 2 saturated heterocycles. The Bertz CT molecular complexity index is 1570. The maximum Gasteiger partial charge on any atom is 0.298 e. The van der Waals surface area contributed by atoms with Gasteiger partial charge in [-0.25, -0.2) is 9.97 Å². The number of rotatable bonds is 5. The summed E-state index contributed by atoms with van der Waals surface area (Å²) in [5.41, 5.74) is 10.0. The fourth-order valence-electron chi connectivity index (χ4n) is 5.89. The van der Waals surface area contributed by atoms with Crippen molar-refractivity contribution < 1.29 is 9.59 Å². The third kappa shape index (κ3) is 3.93. The van der Waals surface area contributed by atoms with E-state index in [9.17, 15) is 9.59 Å². The number of nitrogens with zero attached hydrogens (tertiary/aromatic N) is 5. The molecule has 2 aliphatic heterocycles. The van der Waals surface area contributed by atoms with Crippen molar-refractivity contribution in [1.82, 2.24) is 24.3 Å². The van der Waals surface area contributed by atoms with Gasteiger partial charge in [-0.1, -0.05) is 36.3 Å². The molecule has 2 fully saturated rings. The highest BCUT2D eigenvalue weighted by atomic mass is 16.2. The monoisotopic (exact) mass is 490 g/mol. The van der Waals surface area contributed by atoms with Crippen LogP contribution in [0.1, 0.15) is 54.0 Å². The van der Waals surface area contributed by atoms with Crippen molar-refractivity contribution in [2.45, 2.75) is 50.6 Å². The summed E-state index contributed by atoms with van der Waals surface area (Å²) in [6.07, 6.45) is 8.27. The van der Waals surface area contributed by atoms with Gasteiger partial charge < -0.3 is 10.6 Å². The molecular formula is C29H26N6O2. The average Bonchev–Trinajstić information content (AvgIpc) is 3.61. The molecule has 2 bridgehead atoms. The second kappa shape index (κ2) is 9.17. The molecule has 1 aromatic carbocycles. The van der Waals surface area contributed by atoms with Gasteiger partial charge in [-0.2, -0.15) is 0 Å². The van der Waals surface area contributed by atoms with Crippen LogP contribution in [0.2, 0.25) is 0 Å². The van der Waals surface area contributed by atoms with Gasteiger partial charge in [0.25, 0.3) is 5.91 Å². The zero-order chi connectivity index (χ0) is 25.5. The maximum absolute atomic E-state index is 12.8. The van der Waals surface area contributed by atoms with E-state index in [4.69, 9.17) is 10.7 Å². The van der Waals surface area contributed by atoms with Crippen LogP contribution in [0.3, 0.4) is 0 Å². The molecule has 6 rings (SSSR count). The molecule has 2 N–H and O–H groups in total. The Labute approximate surface area is 214 Å². The predicted octanol–water partition coefficient (Wildman–Crippen LogP) is 3.67. The number of nitrogens with two attached hydrogens (primary N) is 1. The van der Waals surface area contributed by atoms with E-state index in [1.165, 1.54) is 0 Å². The molecule has 184 valence electrons. The van der Waals surface area contributed by atoms with Crippen molar-refractivity contribution >= 4 is 23.0 Å². The van der Waals surface area contributed by atoms with Gasteiger partial charge in [-0.15, -0.1) is 0 Å². The van der Waals surface area contributed by atoms with E-state index in [1.54, 1.807) is 19.3 Å². The Kier molecular flexibility index (Phi) is 5.68. The molecule has 8 nitrogen and oxygen atoms in total. The number of amides is 1. The van der Waals surface area contributed by atoms with Crippen molar-refractivity contribution in [1.29, 1.82) is 0 Å². The molecule has 2 unspecified atom stereocenters. The van der Waals surface area contributed by atoms with Crippen LogP contribution in [-0.4, -0.2) is 48.0 Å². The number of carbonyl (C=O) groups excluding carboxylic acids is 2. The van der Waals surface area contributed by atoms with Crippen molar-refractivity contribution in [2.75, 3.05) is 5.73 Å². The van der Waals surface area contributed by atoms with Gasteiger partial charge in [0.05, 0.1) is 6.42 Å². The molecule has 2 aliphatic rings. The van der Waals surface area contributed by atoms with E-state index in [-0.39, 0.29) is 36.1 Å². The van der Waals surface area contributed by atoms with Crippen LogP contribution in [0.5, 0.6) is 0 Å². The Morgan fingerprint density at radius 3 is 2.68 bits per heavy atom. The molecular weight excluding hydrogens is 464 g/mol. The van der Waals surface area contributed by atoms with E-state index in [2.05, 4.69) is 21.8 Å². The number of benzene rings is 1. The number of ketones is 1. The van der Waals surface area contributed by atoms with Gasteiger partial charge in [0.15, 0.2) is 5.78 Å². The topological polar surface area (TPSA) is 106 Å². The first kappa shape index (κ1) is 22.9. The van der Waals surface area contributed by atoms with Crippen molar-refractivity contribution in [3.8, 4) is 23.1 Å². The number of imidazole rings is 1. The molecule has 37 heavy (non-hydrogen) atoms. The third-order valence-corrected chi connectivity index (χ3v) is 7.49. The fourth-order valence-corrected chi connectivity index (χ4v) is 5.89. The molecule has 5 heterocycles. The number of pyridine rings is 1. The lowest BCUT2D eigenvalue weighted by Crippen LogP contribution is -2.35. The first-order valence-corrected chi connectivity index (χ1v) is 12.5. The Morgan fingerprint density at radius 2 is 1.92 bits per heavy atom. The van der Waals surface area contributed by atoms with Gasteiger partial charge >= 0.3 is 0 Å². The minimum atomic E-state index is -0.106. The smallest absolute Gasteiger partial charge is 0.298 e. The quantitative estimate of drug-likeness (QED) is 0.338. The van der Waals surface area contributed by atoms with Gasteiger partial charge in [0.1, 0.15) is 22.9 Å². The van der Waals surface area contributed by atoms with Gasteiger partial charge in [0, 0.05) is 53.4 Å².